The van der Waals surface area contributed by atoms with E-state index in [0.717, 1.165) is 25.7 Å². The van der Waals surface area contributed by atoms with Crippen molar-refractivity contribution >= 4 is 0 Å². The van der Waals surface area contributed by atoms with E-state index in [9.17, 15) is 0 Å². The first-order valence-corrected chi connectivity index (χ1v) is 7.10. The average molecular weight is 230 g/mol. The van der Waals surface area contributed by atoms with Crippen LogP contribution in [0.1, 0.15) is 64.2 Å². The van der Waals surface area contributed by atoms with E-state index in [4.69, 9.17) is 13.1 Å². The minimum Gasteiger partial charge on any atom is -0.230 e. The maximum Gasteiger partial charge on any atom is 0.487 e. The Morgan fingerprint density at radius 3 is 1.29 bits per heavy atom. The van der Waals surface area contributed by atoms with E-state index in [-0.39, 0.29) is 0 Å². The van der Waals surface area contributed by atoms with E-state index in [1.54, 1.807) is 0 Å². The Bertz CT molecular complexity index is 288. The lowest BCUT2D eigenvalue weighted by molar-refractivity contribution is 0.174. The van der Waals surface area contributed by atoms with Gasteiger partial charge in [0.15, 0.2) is 0 Å². The first-order valence-electron chi connectivity index (χ1n) is 7.10. The first-order chi connectivity index (χ1) is 8.33. The number of hydrogen-bond donors (Lipinski definition) is 0. The minimum absolute atomic E-state index is 0.356. The van der Waals surface area contributed by atoms with E-state index in [0.29, 0.717) is 11.8 Å². The molecule has 0 spiro atoms. The van der Waals surface area contributed by atoms with Gasteiger partial charge in [0.25, 0.3) is 0 Å². The van der Waals surface area contributed by atoms with Crippen molar-refractivity contribution in [1.29, 1.82) is 0 Å². The molecular formula is C15H22N2. The van der Waals surface area contributed by atoms with Gasteiger partial charge in [-0.05, 0) is 25.7 Å². The van der Waals surface area contributed by atoms with Gasteiger partial charge in [0.2, 0.25) is 0 Å². The molecule has 0 radical (unpaired) electrons. The van der Waals surface area contributed by atoms with Crippen molar-refractivity contribution in [2.24, 2.45) is 11.8 Å². The molecule has 17 heavy (non-hydrogen) atoms. The predicted octanol–water partition coefficient (Wildman–Crippen LogP) is 4.68. The second-order valence-corrected chi connectivity index (χ2v) is 5.68. The van der Waals surface area contributed by atoms with Gasteiger partial charge in [-0.1, -0.05) is 38.5 Å². The van der Waals surface area contributed by atoms with E-state index in [1.165, 1.54) is 38.5 Å². The summed E-state index contributed by atoms with van der Waals surface area (Å²) in [5, 5.41) is 0. The molecule has 0 aromatic rings. The fourth-order valence-electron chi connectivity index (χ4n) is 3.78. The zero-order valence-electron chi connectivity index (χ0n) is 10.6. The number of hydrogen-bond acceptors (Lipinski definition) is 0. The summed E-state index contributed by atoms with van der Waals surface area (Å²) in [5.41, 5.74) is -0.694. The lowest BCUT2D eigenvalue weighted by Gasteiger charge is -2.31. The van der Waals surface area contributed by atoms with Crippen molar-refractivity contribution < 1.29 is 0 Å². The van der Waals surface area contributed by atoms with Gasteiger partial charge < -0.3 is 0 Å². The zero-order chi connectivity index (χ0) is 12.1. The van der Waals surface area contributed by atoms with Crippen molar-refractivity contribution in [2.75, 3.05) is 0 Å². The summed E-state index contributed by atoms with van der Waals surface area (Å²) in [6, 6.07) is 0. The van der Waals surface area contributed by atoms with Crippen LogP contribution in [0, 0.1) is 25.0 Å². The summed E-state index contributed by atoms with van der Waals surface area (Å²) in [5.74, 6) is 0.712. The lowest BCUT2D eigenvalue weighted by atomic mass is 9.70. The third kappa shape index (κ3) is 2.32. The molecule has 2 aliphatic carbocycles. The monoisotopic (exact) mass is 230 g/mol. The van der Waals surface area contributed by atoms with Gasteiger partial charge >= 0.3 is 5.66 Å². The standard InChI is InChI=1S/C15H22N2/c1-16-15(17-2,13-9-5-3-6-10-13)14-11-7-4-8-12-14/h13-14H,3-12H2. The predicted molar refractivity (Wildman–Crippen MR) is 69.1 cm³/mol. The third-order valence-corrected chi connectivity index (χ3v) is 4.77. The Kier molecular flexibility index (Phi) is 4.06. The Morgan fingerprint density at radius 2 is 1.00 bits per heavy atom. The Hall–Kier alpha value is -1.02. The highest BCUT2D eigenvalue weighted by Gasteiger charge is 2.58. The summed E-state index contributed by atoms with van der Waals surface area (Å²) in [7, 11) is 0. The van der Waals surface area contributed by atoms with E-state index in [1.807, 2.05) is 0 Å². The summed E-state index contributed by atoms with van der Waals surface area (Å²) in [6.45, 7) is 15.2. The van der Waals surface area contributed by atoms with Crippen molar-refractivity contribution in [3.63, 3.8) is 0 Å². The van der Waals surface area contributed by atoms with Gasteiger partial charge in [-0.2, -0.15) is 0 Å². The largest absolute Gasteiger partial charge is 0.487 e. The number of rotatable bonds is 2. The van der Waals surface area contributed by atoms with Crippen LogP contribution in [0.25, 0.3) is 9.69 Å². The normalized spacial score (nSPS) is 23.9. The highest BCUT2D eigenvalue weighted by molar-refractivity contribution is 5.14. The van der Waals surface area contributed by atoms with Crippen molar-refractivity contribution in [3.8, 4) is 0 Å². The van der Waals surface area contributed by atoms with E-state index < -0.39 is 5.66 Å². The topological polar surface area (TPSA) is 8.72 Å². The maximum absolute atomic E-state index is 7.59. The molecule has 2 aliphatic rings. The Morgan fingerprint density at radius 1 is 0.647 bits per heavy atom. The zero-order valence-corrected chi connectivity index (χ0v) is 10.6. The van der Waals surface area contributed by atoms with Crippen LogP contribution in [0.4, 0.5) is 0 Å². The molecule has 0 N–H and O–H groups in total. The molecule has 2 heteroatoms. The van der Waals surface area contributed by atoms with E-state index in [2.05, 4.69) is 9.69 Å². The highest BCUT2D eigenvalue weighted by atomic mass is 15.1. The molecule has 0 saturated heterocycles. The third-order valence-electron chi connectivity index (χ3n) is 4.77. The molecule has 0 amide bonds. The average Bonchev–Trinajstić information content (AvgIpc) is 2.43. The molecule has 0 aromatic heterocycles. The quantitative estimate of drug-likeness (QED) is 0.609. The van der Waals surface area contributed by atoms with Gasteiger partial charge in [0, 0.05) is 0 Å². The molecular weight excluding hydrogens is 208 g/mol. The van der Waals surface area contributed by atoms with Crippen LogP contribution in [0.2, 0.25) is 0 Å². The van der Waals surface area contributed by atoms with Crippen LogP contribution in [-0.2, 0) is 0 Å². The van der Waals surface area contributed by atoms with E-state index >= 15 is 0 Å². The first kappa shape index (κ1) is 12.4. The fraction of sp³-hybridized carbons (Fsp3) is 0.867. The molecule has 2 nitrogen and oxygen atoms in total. The molecule has 92 valence electrons. The number of nitrogens with zero attached hydrogens (tertiary/aromatic N) is 2. The SMILES string of the molecule is [C-]#[N+]C([N+]#[C-])(C1CCCCC1)C1CCCCC1. The lowest BCUT2D eigenvalue weighted by Crippen LogP contribution is -2.41. The minimum atomic E-state index is -0.694. The van der Waals surface area contributed by atoms with Gasteiger partial charge in [-0.15, -0.1) is 0 Å². The molecule has 0 unspecified atom stereocenters. The van der Waals surface area contributed by atoms with Crippen LogP contribution < -0.4 is 0 Å². The molecule has 0 aromatic carbocycles. The van der Waals surface area contributed by atoms with Crippen LogP contribution in [0.5, 0.6) is 0 Å². The Labute approximate surface area is 105 Å². The summed E-state index contributed by atoms with van der Waals surface area (Å²) in [6.07, 6.45) is 12.0. The smallest absolute Gasteiger partial charge is 0.230 e. The summed E-state index contributed by atoms with van der Waals surface area (Å²) in [4.78, 5) is 7.76. The van der Waals surface area contributed by atoms with Crippen molar-refractivity contribution in [3.05, 3.63) is 22.8 Å². The summed E-state index contributed by atoms with van der Waals surface area (Å²) < 4.78 is 0. The fourth-order valence-corrected chi connectivity index (χ4v) is 3.78. The maximum atomic E-state index is 7.59. The molecule has 2 saturated carbocycles. The molecule has 2 rings (SSSR count). The molecule has 0 aliphatic heterocycles. The second kappa shape index (κ2) is 5.54. The van der Waals surface area contributed by atoms with Gasteiger partial charge in [-0.25, -0.2) is 22.8 Å². The molecule has 0 atom stereocenters. The summed E-state index contributed by atoms with van der Waals surface area (Å²) >= 11 is 0. The van der Waals surface area contributed by atoms with Crippen LogP contribution in [0.15, 0.2) is 0 Å². The van der Waals surface area contributed by atoms with Gasteiger partial charge in [-0.3, -0.25) is 0 Å². The van der Waals surface area contributed by atoms with Gasteiger partial charge in [0.05, 0.1) is 0 Å². The molecule has 0 bridgehead atoms. The molecule has 2 fully saturated rings. The van der Waals surface area contributed by atoms with Crippen molar-refractivity contribution in [1.82, 2.24) is 0 Å². The van der Waals surface area contributed by atoms with Gasteiger partial charge in [0.1, 0.15) is 11.8 Å². The van der Waals surface area contributed by atoms with Crippen LogP contribution in [0.3, 0.4) is 0 Å². The highest BCUT2D eigenvalue weighted by Crippen LogP contribution is 2.46. The van der Waals surface area contributed by atoms with Crippen LogP contribution in [-0.4, -0.2) is 5.66 Å². The Balaban J connectivity index is 2.18. The van der Waals surface area contributed by atoms with Crippen molar-refractivity contribution in [2.45, 2.75) is 69.9 Å². The molecule has 0 heterocycles. The second-order valence-electron chi connectivity index (χ2n) is 5.68. The van der Waals surface area contributed by atoms with Crippen LogP contribution >= 0.6 is 0 Å².